The lowest BCUT2D eigenvalue weighted by molar-refractivity contribution is 1.57. The van der Waals surface area contributed by atoms with E-state index in [1.54, 1.807) is 0 Å². The predicted molar refractivity (Wildman–Crippen MR) is 232 cm³/mol. The minimum Gasteiger partial charge on any atom is -0.0622 e. The highest BCUT2D eigenvalue weighted by atomic mass is 14.2. The van der Waals surface area contributed by atoms with E-state index in [1.807, 2.05) is 0 Å². The van der Waals surface area contributed by atoms with Gasteiger partial charge in [0.05, 0.1) is 0 Å². The first-order valence-corrected chi connectivity index (χ1v) is 18.7. The van der Waals surface area contributed by atoms with Gasteiger partial charge < -0.3 is 0 Å². The second kappa shape index (κ2) is 13.5. The minimum absolute atomic E-state index is 1.21. The van der Waals surface area contributed by atoms with Crippen LogP contribution in [0.1, 0.15) is 0 Å². The van der Waals surface area contributed by atoms with Gasteiger partial charge in [0.2, 0.25) is 0 Å². The Hall–Kier alpha value is -7.02. The SMILES string of the molecule is c1ccc(-c2cc(-c3ccccc3)cc(-c3ccc4ccc5c6cc(-c7cc(-c8ccccc8)cc(-c8ccccc8)c7)ccc6ccc5c4c3)c2)cc1. The van der Waals surface area contributed by atoms with Crippen molar-refractivity contribution >= 4 is 32.3 Å². The molecule has 0 heterocycles. The molecule has 0 aliphatic heterocycles. The standard InChI is InChI=1S/C54H36/c1-5-13-37(14-6-1)45-29-46(38-15-7-2-8-16-38)32-49(31-45)43-23-21-41-25-28-52-51(53(41)35-43)27-26-42-22-24-44(36-54(42)52)50-33-47(39-17-9-3-10-18-39)30-48(34-50)40-19-11-4-12-20-40/h1-36H. The van der Waals surface area contributed by atoms with E-state index in [9.17, 15) is 0 Å². The fourth-order valence-electron chi connectivity index (χ4n) is 8.00. The molecule has 0 atom stereocenters. The van der Waals surface area contributed by atoms with Crippen LogP contribution in [0.25, 0.3) is 99.1 Å². The van der Waals surface area contributed by atoms with Crippen molar-refractivity contribution in [3.05, 3.63) is 218 Å². The van der Waals surface area contributed by atoms with E-state index in [2.05, 4.69) is 218 Å². The van der Waals surface area contributed by atoms with E-state index in [4.69, 9.17) is 0 Å². The summed E-state index contributed by atoms with van der Waals surface area (Å²) in [6.07, 6.45) is 0. The van der Waals surface area contributed by atoms with Crippen molar-refractivity contribution in [2.75, 3.05) is 0 Å². The molecule has 10 rings (SSSR count). The molecule has 0 aromatic heterocycles. The number of hydrogen-bond donors (Lipinski definition) is 0. The second-order valence-electron chi connectivity index (χ2n) is 14.2. The van der Waals surface area contributed by atoms with Crippen LogP contribution in [0.2, 0.25) is 0 Å². The van der Waals surface area contributed by atoms with Crippen LogP contribution in [0.3, 0.4) is 0 Å². The van der Waals surface area contributed by atoms with E-state index in [0.29, 0.717) is 0 Å². The van der Waals surface area contributed by atoms with Crippen LogP contribution >= 0.6 is 0 Å². The van der Waals surface area contributed by atoms with Crippen LogP contribution in [-0.4, -0.2) is 0 Å². The average molecular weight is 685 g/mol. The van der Waals surface area contributed by atoms with Crippen LogP contribution in [0.15, 0.2) is 218 Å². The fraction of sp³-hybridized carbons (Fsp3) is 0. The Balaban J connectivity index is 1.13. The molecule has 0 nitrogen and oxygen atoms in total. The van der Waals surface area contributed by atoms with Gasteiger partial charge in [-0.25, -0.2) is 0 Å². The second-order valence-corrected chi connectivity index (χ2v) is 14.2. The lowest BCUT2D eigenvalue weighted by Gasteiger charge is -2.14. The first kappa shape index (κ1) is 31.7. The van der Waals surface area contributed by atoms with Gasteiger partial charge in [0.1, 0.15) is 0 Å². The molecule has 0 radical (unpaired) electrons. The summed E-state index contributed by atoms with van der Waals surface area (Å²) in [6, 6.07) is 79.9. The molecule has 0 unspecified atom stereocenters. The zero-order chi connectivity index (χ0) is 35.8. The van der Waals surface area contributed by atoms with Crippen LogP contribution < -0.4 is 0 Å². The summed E-state index contributed by atoms with van der Waals surface area (Å²) in [7, 11) is 0. The van der Waals surface area contributed by atoms with E-state index in [-0.39, 0.29) is 0 Å². The van der Waals surface area contributed by atoms with Gasteiger partial charge in [0, 0.05) is 0 Å². The molecule has 252 valence electrons. The molecule has 0 spiro atoms. The topological polar surface area (TPSA) is 0 Å². The van der Waals surface area contributed by atoms with E-state index >= 15 is 0 Å². The monoisotopic (exact) mass is 684 g/mol. The maximum absolute atomic E-state index is 2.39. The molecule has 10 aromatic rings. The largest absolute Gasteiger partial charge is 0.0622 e. The summed E-state index contributed by atoms with van der Waals surface area (Å²) in [5, 5.41) is 7.55. The summed E-state index contributed by atoms with van der Waals surface area (Å²) < 4.78 is 0. The van der Waals surface area contributed by atoms with Crippen LogP contribution in [0.4, 0.5) is 0 Å². The van der Waals surface area contributed by atoms with Gasteiger partial charge in [0.25, 0.3) is 0 Å². The summed E-state index contributed by atoms with van der Waals surface area (Å²) in [4.78, 5) is 0. The molecule has 54 heavy (non-hydrogen) atoms. The molecule has 0 aliphatic carbocycles. The zero-order valence-electron chi connectivity index (χ0n) is 29.8. The first-order valence-electron chi connectivity index (χ1n) is 18.7. The Kier molecular flexibility index (Phi) is 7.93. The number of fused-ring (bicyclic) bond motifs is 5. The normalized spacial score (nSPS) is 11.3. The van der Waals surface area contributed by atoms with Gasteiger partial charge in [-0.3, -0.25) is 0 Å². The Morgan fingerprint density at radius 1 is 0.148 bits per heavy atom. The molecule has 0 fully saturated rings. The lowest BCUT2D eigenvalue weighted by atomic mass is 9.90. The quantitative estimate of drug-likeness (QED) is 0.153. The van der Waals surface area contributed by atoms with Gasteiger partial charge in [-0.15, -0.1) is 0 Å². The predicted octanol–water partition coefficient (Wildman–Crippen LogP) is 15.1. The number of hydrogen-bond acceptors (Lipinski definition) is 0. The van der Waals surface area contributed by atoms with Gasteiger partial charge in [-0.2, -0.15) is 0 Å². The third-order valence-corrected chi connectivity index (χ3v) is 10.8. The molecule has 0 amide bonds. The third-order valence-electron chi connectivity index (χ3n) is 10.8. The van der Waals surface area contributed by atoms with Crippen molar-refractivity contribution < 1.29 is 0 Å². The Labute approximate surface area is 316 Å². The molecule has 0 aliphatic rings. The molecular weight excluding hydrogens is 649 g/mol. The highest BCUT2D eigenvalue weighted by molar-refractivity contribution is 6.18. The molecule has 0 saturated heterocycles. The van der Waals surface area contributed by atoms with E-state index < -0.39 is 0 Å². The van der Waals surface area contributed by atoms with Gasteiger partial charge in [-0.1, -0.05) is 170 Å². The summed E-state index contributed by atoms with van der Waals surface area (Å²) >= 11 is 0. The summed E-state index contributed by atoms with van der Waals surface area (Å²) in [5.74, 6) is 0. The molecule has 10 aromatic carbocycles. The summed E-state index contributed by atoms with van der Waals surface area (Å²) in [5.41, 5.74) is 14.6. The van der Waals surface area contributed by atoms with Gasteiger partial charge in [0.15, 0.2) is 0 Å². The van der Waals surface area contributed by atoms with Crippen molar-refractivity contribution in [2.24, 2.45) is 0 Å². The molecule has 0 bridgehead atoms. The van der Waals surface area contributed by atoms with Crippen molar-refractivity contribution in [1.29, 1.82) is 0 Å². The van der Waals surface area contributed by atoms with Crippen molar-refractivity contribution in [3.63, 3.8) is 0 Å². The lowest BCUT2D eigenvalue weighted by Crippen LogP contribution is -1.88. The highest BCUT2D eigenvalue weighted by Gasteiger charge is 2.13. The third kappa shape index (κ3) is 5.94. The first-order chi connectivity index (χ1) is 26.7. The number of rotatable bonds is 6. The smallest absolute Gasteiger partial charge is 0.00987 e. The van der Waals surface area contributed by atoms with Crippen LogP contribution in [0, 0.1) is 0 Å². The average Bonchev–Trinajstić information content (AvgIpc) is 3.26. The highest BCUT2D eigenvalue weighted by Crippen LogP contribution is 2.39. The van der Waals surface area contributed by atoms with E-state index in [0.717, 1.165) is 0 Å². The van der Waals surface area contributed by atoms with Crippen molar-refractivity contribution in [3.8, 4) is 66.8 Å². The van der Waals surface area contributed by atoms with Gasteiger partial charge >= 0.3 is 0 Å². The Bertz CT molecular complexity index is 2620. The Morgan fingerprint density at radius 2 is 0.407 bits per heavy atom. The maximum atomic E-state index is 2.39. The molecule has 0 heteroatoms. The molecular formula is C54H36. The maximum Gasteiger partial charge on any atom is -0.00987 e. The minimum atomic E-state index is 1.21. The van der Waals surface area contributed by atoms with Crippen LogP contribution in [0.5, 0.6) is 0 Å². The zero-order valence-corrected chi connectivity index (χ0v) is 29.8. The van der Waals surface area contributed by atoms with Crippen molar-refractivity contribution in [1.82, 2.24) is 0 Å². The Morgan fingerprint density at radius 3 is 0.704 bits per heavy atom. The molecule has 0 N–H and O–H groups in total. The fourth-order valence-corrected chi connectivity index (χ4v) is 8.00. The number of benzene rings is 10. The molecule has 0 saturated carbocycles. The van der Waals surface area contributed by atoms with Gasteiger partial charge in [-0.05, 0) is 148 Å². The van der Waals surface area contributed by atoms with E-state index in [1.165, 1.54) is 99.1 Å². The summed E-state index contributed by atoms with van der Waals surface area (Å²) in [6.45, 7) is 0. The van der Waals surface area contributed by atoms with Crippen molar-refractivity contribution in [2.45, 2.75) is 0 Å². The van der Waals surface area contributed by atoms with Crippen LogP contribution in [-0.2, 0) is 0 Å².